The van der Waals surface area contributed by atoms with Gasteiger partial charge >= 0.3 is 17.9 Å². The molecule has 0 bridgehead atoms. The number of esters is 3. The Morgan fingerprint density at radius 1 is 1.57 bits per heavy atom. The van der Waals surface area contributed by atoms with Crippen LogP contribution in [0.25, 0.3) is 0 Å². The normalized spacial score (nSPS) is 20.2. The Hall–Kier alpha value is -1.85. The Kier molecular flexibility index (Phi) is 2.85. The molecule has 6 heteroatoms. The predicted octanol–water partition coefficient (Wildman–Crippen LogP) is -0.468. The van der Waals surface area contributed by atoms with E-state index in [-0.39, 0.29) is 12.2 Å². The molecule has 1 rings (SSSR count). The van der Waals surface area contributed by atoms with Crippen molar-refractivity contribution in [3.8, 4) is 0 Å². The minimum atomic E-state index is -1.18. The van der Waals surface area contributed by atoms with Crippen molar-refractivity contribution in [1.82, 2.24) is 0 Å². The molecule has 0 saturated carbocycles. The summed E-state index contributed by atoms with van der Waals surface area (Å²) in [6.45, 7) is 3.23. The van der Waals surface area contributed by atoms with E-state index in [9.17, 15) is 14.4 Å². The molecule has 0 aliphatic carbocycles. The lowest BCUT2D eigenvalue weighted by molar-refractivity contribution is -0.161. The number of hydrogen-bond acceptors (Lipinski definition) is 6. The van der Waals surface area contributed by atoms with Crippen LogP contribution in [0.15, 0.2) is 12.3 Å². The summed E-state index contributed by atoms with van der Waals surface area (Å²) in [4.78, 5) is 32.5. The fraction of sp³-hybridized carbons (Fsp3) is 0.375. The van der Waals surface area contributed by atoms with Crippen LogP contribution in [-0.2, 0) is 28.6 Å². The van der Waals surface area contributed by atoms with Gasteiger partial charge in [-0.1, -0.05) is 0 Å². The average molecular weight is 200 g/mol. The third-order valence-electron chi connectivity index (χ3n) is 1.55. The molecule has 1 aliphatic rings. The summed E-state index contributed by atoms with van der Waals surface area (Å²) < 4.78 is 13.2. The van der Waals surface area contributed by atoms with E-state index in [1.54, 1.807) is 0 Å². The van der Waals surface area contributed by atoms with Gasteiger partial charge in [-0.3, -0.25) is 4.79 Å². The molecule has 0 aromatic heterocycles. The molecule has 0 radical (unpaired) electrons. The van der Waals surface area contributed by atoms with Crippen molar-refractivity contribution in [2.75, 3.05) is 7.11 Å². The van der Waals surface area contributed by atoms with E-state index in [1.807, 2.05) is 0 Å². The van der Waals surface area contributed by atoms with Crippen LogP contribution in [0, 0.1) is 0 Å². The third-order valence-corrected chi connectivity index (χ3v) is 1.55. The quantitative estimate of drug-likeness (QED) is 0.265. The zero-order valence-corrected chi connectivity index (χ0v) is 7.44. The van der Waals surface area contributed by atoms with Crippen LogP contribution in [0.4, 0.5) is 0 Å². The fourth-order valence-electron chi connectivity index (χ4n) is 0.822. The maximum atomic E-state index is 11.0. The van der Waals surface area contributed by atoms with Crippen molar-refractivity contribution in [2.45, 2.75) is 12.5 Å². The highest BCUT2D eigenvalue weighted by molar-refractivity contribution is 5.98. The van der Waals surface area contributed by atoms with Gasteiger partial charge in [0.1, 0.15) is 0 Å². The first kappa shape index (κ1) is 10.2. The van der Waals surface area contributed by atoms with Crippen molar-refractivity contribution in [1.29, 1.82) is 0 Å². The van der Waals surface area contributed by atoms with Gasteiger partial charge in [0, 0.05) is 0 Å². The van der Waals surface area contributed by atoms with E-state index >= 15 is 0 Å². The first-order chi connectivity index (χ1) is 6.54. The number of rotatable bonds is 3. The van der Waals surface area contributed by atoms with Crippen molar-refractivity contribution in [2.24, 2.45) is 0 Å². The minimum Gasteiger partial charge on any atom is -0.490 e. The monoisotopic (exact) mass is 200 g/mol. The van der Waals surface area contributed by atoms with Crippen LogP contribution in [0.5, 0.6) is 0 Å². The van der Waals surface area contributed by atoms with E-state index in [2.05, 4.69) is 20.8 Å². The minimum absolute atomic E-state index is 0.239. The molecule has 1 atom stereocenters. The Labute approximate surface area is 79.4 Å². The molecule has 0 spiro atoms. The summed E-state index contributed by atoms with van der Waals surface area (Å²) >= 11 is 0. The summed E-state index contributed by atoms with van der Waals surface area (Å²) in [6.07, 6.45) is -1.44. The number of methoxy groups -OCH3 is 1. The largest absolute Gasteiger partial charge is 0.490 e. The van der Waals surface area contributed by atoms with Gasteiger partial charge in [0.05, 0.1) is 13.5 Å². The number of hydrogen-bond donors (Lipinski definition) is 0. The second-order valence-electron chi connectivity index (χ2n) is 2.52. The van der Waals surface area contributed by atoms with Crippen LogP contribution in [0.1, 0.15) is 6.42 Å². The van der Waals surface area contributed by atoms with Gasteiger partial charge in [-0.2, -0.15) is 0 Å². The van der Waals surface area contributed by atoms with Gasteiger partial charge < -0.3 is 14.2 Å². The highest BCUT2D eigenvalue weighted by atomic mass is 16.6. The molecule has 0 N–H and O–H groups in total. The number of ether oxygens (including phenoxy) is 3. The zero-order chi connectivity index (χ0) is 10.7. The second-order valence-corrected chi connectivity index (χ2v) is 2.52. The summed E-state index contributed by atoms with van der Waals surface area (Å²) in [6, 6.07) is 0. The highest BCUT2D eigenvalue weighted by Crippen LogP contribution is 2.13. The molecular formula is C8H8O6. The average Bonchev–Trinajstić information content (AvgIpc) is 2.44. The maximum Gasteiger partial charge on any atom is 0.373 e. The molecule has 1 fully saturated rings. The lowest BCUT2D eigenvalue weighted by Gasteiger charge is -2.07. The fourth-order valence-corrected chi connectivity index (χ4v) is 0.822. The summed E-state index contributed by atoms with van der Waals surface area (Å²) in [5.74, 6) is -2.70. The Bertz CT molecular complexity index is 305. The SMILES string of the molecule is C=C(OC)C(=O)OC1CC(=O)OC1=O. The lowest BCUT2D eigenvalue weighted by Crippen LogP contribution is -2.23. The molecule has 1 heterocycles. The van der Waals surface area contributed by atoms with Crippen LogP contribution in [0.2, 0.25) is 0 Å². The number of carbonyl (C=O) groups excluding carboxylic acids is 3. The number of carbonyl (C=O) groups is 3. The molecule has 1 saturated heterocycles. The molecule has 6 nitrogen and oxygen atoms in total. The van der Waals surface area contributed by atoms with Gasteiger partial charge in [-0.05, 0) is 6.58 Å². The zero-order valence-electron chi connectivity index (χ0n) is 7.44. The first-order valence-corrected chi connectivity index (χ1v) is 3.73. The molecular weight excluding hydrogens is 192 g/mol. The first-order valence-electron chi connectivity index (χ1n) is 3.73. The Morgan fingerprint density at radius 3 is 2.64 bits per heavy atom. The molecule has 1 unspecified atom stereocenters. The van der Waals surface area contributed by atoms with E-state index in [4.69, 9.17) is 0 Å². The Morgan fingerprint density at radius 2 is 2.21 bits per heavy atom. The van der Waals surface area contributed by atoms with Crippen LogP contribution < -0.4 is 0 Å². The van der Waals surface area contributed by atoms with E-state index < -0.39 is 24.0 Å². The van der Waals surface area contributed by atoms with Gasteiger partial charge in [0.2, 0.25) is 6.10 Å². The van der Waals surface area contributed by atoms with Crippen molar-refractivity contribution in [3.05, 3.63) is 12.3 Å². The van der Waals surface area contributed by atoms with Crippen molar-refractivity contribution in [3.63, 3.8) is 0 Å². The van der Waals surface area contributed by atoms with Gasteiger partial charge in [0.25, 0.3) is 0 Å². The predicted molar refractivity (Wildman–Crippen MR) is 41.7 cm³/mol. The topological polar surface area (TPSA) is 78.9 Å². The van der Waals surface area contributed by atoms with Crippen molar-refractivity contribution >= 4 is 17.9 Å². The van der Waals surface area contributed by atoms with Crippen LogP contribution in [-0.4, -0.2) is 31.1 Å². The molecule has 76 valence electrons. The van der Waals surface area contributed by atoms with E-state index in [0.717, 1.165) is 0 Å². The lowest BCUT2D eigenvalue weighted by atomic mass is 10.3. The highest BCUT2D eigenvalue weighted by Gasteiger charge is 2.37. The van der Waals surface area contributed by atoms with Gasteiger partial charge in [-0.25, -0.2) is 9.59 Å². The van der Waals surface area contributed by atoms with Gasteiger partial charge in [0.15, 0.2) is 5.76 Å². The summed E-state index contributed by atoms with van der Waals surface area (Å²) in [5.41, 5.74) is 0. The molecule has 0 aromatic rings. The van der Waals surface area contributed by atoms with E-state index in [1.165, 1.54) is 7.11 Å². The van der Waals surface area contributed by atoms with Crippen LogP contribution >= 0.6 is 0 Å². The second kappa shape index (κ2) is 3.91. The molecule has 0 amide bonds. The third kappa shape index (κ3) is 2.09. The van der Waals surface area contributed by atoms with Crippen LogP contribution in [0.3, 0.4) is 0 Å². The summed E-state index contributed by atoms with van der Waals surface area (Å²) in [7, 11) is 1.24. The molecule has 0 aromatic carbocycles. The number of cyclic esters (lactones) is 2. The maximum absolute atomic E-state index is 11.0. The molecule has 1 aliphatic heterocycles. The van der Waals surface area contributed by atoms with Gasteiger partial charge in [-0.15, -0.1) is 0 Å². The van der Waals surface area contributed by atoms with Crippen molar-refractivity contribution < 1.29 is 28.6 Å². The smallest absolute Gasteiger partial charge is 0.373 e. The van der Waals surface area contributed by atoms with E-state index in [0.29, 0.717) is 0 Å². The summed E-state index contributed by atoms with van der Waals surface area (Å²) in [5, 5.41) is 0. The Balaban J connectivity index is 2.53. The molecule has 14 heavy (non-hydrogen) atoms. The standard InChI is InChI=1S/C8H8O6/c1-4(12-2)7(10)13-5-3-6(9)14-8(5)11/h5H,1,3H2,2H3.